The molecule has 6 nitrogen and oxygen atoms in total. The van der Waals surface area contributed by atoms with Crippen LogP contribution in [0.2, 0.25) is 5.02 Å². The van der Waals surface area contributed by atoms with Gasteiger partial charge >= 0.3 is 6.01 Å². The zero-order chi connectivity index (χ0) is 15.2. The topological polar surface area (TPSA) is 72.0 Å². The maximum absolute atomic E-state index is 13.1. The van der Waals surface area contributed by atoms with Crippen LogP contribution in [0.5, 0.6) is 6.01 Å². The fourth-order valence-corrected chi connectivity index (χ4v) is 1.67. The summed E-state index contributed by atoms with van der Waals surface area (Å²) in [6.07, 6.45) is 0.844. The number of nitrogens with zero attached hydrogens (tertiary/aromatic N) is 3. The summed E-state index contributed by atoms with van der Waals surface area (Å²) in [5.41, 5.74) is 0.566. The van der Waals surface area contributed by atoms with Gasteiger partial charge in [-0.1, -0.05) is 18.5 Å². The van der Waals surface area contributed by atoms with E-state index >= 15 is 0 Å². The Labute approximate surface area is 126 Å². The predicted octanol–water partition coefficient (Wildman–Crippen LogP) is 3.24. The van der Waals surface area contributed by atoms with Crippen LogP contribution in [0.1, 0.15) is 13.3 Å². The van der Waals surface area contributed by atoms with Crippen LogP contribution < -0.4 is 15.4 Å². The molecule has 0 amide bonds. The number of anilines is 3. The Morgan fingerprint density at radius 1 is 1.24 bits per heavy atom. The monoisotopic (exact) mass is 311 g/mol. The second kappa shape index (κ2) is 7.03. The lowest BCUT2D eigenvalue weighted by molar-refractivity contribution is 0.292. The van der Waals surface area contributed by atoms with E-state index in [4.69, 9.17) is 16.3 Å². The molecule has 1 aromatic heterocycles. The van der Waals surface area contributed by atoms with Gasteiger partial charge in [0.1, 0.15) is 5.82 Å². The van der Waals surface area contributed by atoms with E-state index in [1.807, 2.05) is 6.92 Å². The van der Waals surface area contributed by atoms with Crippen molar-refractivity contribution in [3.63, 3.8) is 0 Å². The van der Waals surface area contributed by atoms with E-state index in [9.17, 15) is 4.39 Å². The first-order valence-electron chi connectivity index (χ1n) is 6.41. The summed E-state index contributed by atoms with van der Waals surface area (Å²) < 4.78 is 18.5. The average Bonchev–Trinajstić information content (AvgIpc) is 2.48. The van der Waals surface area contributed by atoms with Gasteiger partial charge in [-0.05, 0) is 24.6 Å². The molecule has 2 aromatic rings. The first-order chi connectivity index (χ1) is 10.1. The standard InChI is InChI=1S/C13H15ClFN5O/c1-3-6-21-13-19-11(16-2)18-12(20-13)17-8-4-5-10(15)9(14)7-8/h4-5,7H,3,6H2,1-2H3,(H2,16,17,18,19,20). The van der Waals surface area contributed by atoms with Gasteiger partial charge < -0.3 is 15.4 Å². The van der Waals surface area contributed by atoms with Gasteiger partial charge in [-0.15, -0.1) is 0 Å². The molecular weight excluding hydrogens is 297 g/mol. The van der Waals surface area contributed by atoms with Crippen molar-refractivity contribution in [2.75, 3.05) is 24.3 Å². The van der Waals surface area contributed by atoms with Crippen molar-refractivity contribution in [2.24, 2.45) is 0 Å². The van der Waals surface area contributed by atoms with Gasteiger partial charge in [-0.2, -0.15) is 15.0 Å². The average molecular weight is 312 g/mol. The van der Waals surface area contributed by atoms with E-state index in [0.717, 1.165) is 6.42 Å². The molecule has 0 fully saturated rings. The molecule has 112 valence electrons. The number of benzene rings is 1. The second-order valence-electron chi connectivity index (χ2n) is 4.12. The van der Waals surface area contributed by atoms with Crippen LogP contribution in [0, 0.1) is 5.82 Å². The molecule has 2 N–H and O–H groups in total. The number of ether oxygens (including phenoxy) is 1. The molecule has 2 rings (SSSR count). The predicted molar refractivity (Wildman–Crippen MR) is 79.9 cm³/mol. The van der Waals surface area contributed by atoms with Crippen molar-refractivity contribution in [1.29, 1.82) is 0 Å². The van der Waals surface area contributed by atoms with Crippen molar-refractivity contribution in [3.8, 4) is 6.01 Å². The van der Waals surface area contributed by atoms with Gasteiger partial charge in [0, 0.05) is 12.7 Å². The number of hydrogen-bond donors (Lipinski definition) is 2. The number of hydrogen-bond acceptors (Lipinski definition) is 6. The highest BCUT2D eigenvalue weighted by molar-refractivity contribution is 6.31. The van der Waals surface area contributed by atoms with Gasteiger partial charge in [-0.3, -0.25) is 0 Å². The second-order valence-corrected chi connectivity index (χ2v) is 4.52. The number of nitrogens with one attached hydrogen (secondary N) is 2. The highest BCUT2D eigenvalue weighted by Gasteiger charge is 2.08. The quantitative estimate of drug-likeness (QED) is 0.853. The zero-order valence-corrected chi connectivity index (χ0v) is 12.4. The van der Waals surface area contributed by atoms with Gasteiger partial charge in [0.25, 0.3) is 0 Å². The van der Waals surface area contributed by atoms with E-state index < -0.39 is 5.82 Å². The van der Waals surface area contributed by atoms with Gasteiger partial charge in [0.15, 0.2) is 0 Å². The van der Waals surface area contributed by atoms with Crippen molar-refractivity contribution >= 4 is 29.2 Å². The first-order valence-corrected chi connectivity index (χ1v) is 6.79. The van der Waals surface area contributed by atoms with Crippen LogP contribution >= 0.6 is 11.6 Å². The van der Waals surface area contributed by atoms with E-state index in [0.29, 0.717) is 18.2 Å². The Morgan fingerprint density at radius 2 is 2.00 bits per heavy atom. The third-order valence-electron chi connectivity index (χ3n) is 2.45. The molecule has 8 heteroatoms. The van der Waals surface area contributed by atoms with E-state index in [1.54, 1.807) is 7.05 Å². The lowest BCUT2D eigenvalue weighted by Crippen LogP contribution is -2.07. The van der Waals surface area contributed by atoms with Crippen molar-refractivity contribution in [1.82, 2.24) is 15.0 Å². The van der Waals surface area contributed by atoms with Crippen molar-refractivity contribution in [3.05, 3.63) is 29.0 Å². The van der Waals surface area contributed by atoms with E-state index in [2.05, 4.69) is 25.6 Å². The Balaban J connectivity index is 2.23. The lowest BCUT2D eigenvalue weighted by atomic mass is 10.3. The summed E-state index contributed by atoms with van der Waals surface area (Å²) >= 11 is 5.73. The molecule has 0 radical (unpaired) electrons. The maximum Gasteiger partial charge on any atom is 0.323 e. The molecule has 21 heavy (non-hydrogen) atoms. The van der Waals surface area contributed by atoms with Crippen LogP contribution in [0.4, 0.5) is 22.0 Å². The molecule has 0 aliphatic rings. The SMILES string of the molecule is CCCOc1nc(NC)nc(Nc2ccc(F)c(Cl)c2)n1. The van der Waals surface area contributed by atoms with Crippen molar-refractivity contribution in [2.45, 2.75) is 13.3 Å². The Morgan fingerprint density at radius 3 is 2.67 bits per heavy atom. The van der Waals surface area contributed by atoms with E-state index in [1.165, 1.54) is 18.2 Å². The Kier molecular flexibility index (Phi) is 5.10. The fourth-order valence-electron chi connectivity index (χ4n) is 1.49. The molecule has 0 bridgehead atoms. The minimum absolute atomic E-state index is 0.0188. The van der Waals surface area contributed by atoms with Gasteiger partial charge in [0.05, 0.1) is 11.6 Å². The smallest absolute Gasteiger partial charge is 0.323 e. The summed E-state index contributed by atoms with van der Waals surface area (Å²) in [5, 5.41) is 5.77. The third kappa shape index (κ3) is 4.16. The summed E-state index contributed by atoms with van der Waals surface area (Å²) in [6.45, 7) is 2.49. The number of aromatic nitrogens is 3. The normalized spacial score (nSPS) is 10.3. The summed E-state index contributed by atoms with van der Waals surface area (Å²) in [7, 11) is 1.69. The van der Waals surface area contributed by atoms with Crippen LogP contribution in [0.3, 0.4) is 0 Å². The Bertz CT molecular complexity index is 626. The van der Waals surface area contributed by atoms with Gasteiger partial charge in [0.2, 0.25) is 11.9 Å². The maximum atomic E-state index is 13.1. The molecular formula is C13H15ClFN5O. The summed E-state index contributed by atoms with van der Waals surface area (Å²) in [4.78, 5) is 12.4. The van der Waals surface area contributed by atoms with Crippen LogP contribution in [-0.4, -0.2) is 28.6 Å². The molecule has 0 aliphatic heterocycles. The number of halogens is 2. The molecule has 1 aromatic carbocycles. The molecule has 0 aliphatic carbocycles. The zero-order valence-electron chi connectivity index (χ0n) is 11.7. The summed E-state index contributed by atoms with van der Waals surface area (Å²) in [6, 6.07) is 4.47. The van der Waals surface area contributed by atoms with E-state index in [-0.39, 0.29) is 17.0 Å². The largest absolute Gasteiger partial charge is 0.463 e. The highest BCUT2D eigenvalue weighted by atomic mass is 35.5. The minimum Gasteiger partial charge on any atom is -0.463 e. The van der Waals surface area contributed by atoms with Crippen LogP contribution in [0.15, 0.2) is 18.2 Å². The minimum atomic E-state index is -0.485. The van der Waals surface area contributed by atoms with Gasteiger partial charge in [-0.25, -0.2) is 4.39 Å². The van der Waals surface area contributed by atoms with Crippen LogP contribution in [0.25, 0.3) is 0 Å². The first kappa shape index (κ1) is 15.2. The highest BCUT2D eigenvalue weighted by Crippen LogP contribution is 2.22. The molecule has 0 atom stereocenters. The number of rotatable bonds is 6. The molecule has 0 saturated carbocycles. The lowest BCUT2D eigenvalue weighted by Gasteiger charge is -2.09. The molecule has 0 unspecified atom stereocenters. The van der Waals surface area contributed by atoms with Crippen molar-refractivity contribution < 1.29 is 9.13 Å². The third-order valence-corrected chi connectivity index (χ3v) is 2.74. The Hall–Kier alpha value is -2.15. The van der Waals surface area contributed by atoms with Crippen LogP contribution in [-0.2, 0) is 0 Å². The molecule has 1 heterocycles. The molecule has 0 saturated heterocycles. The summed E-state index contributed by atoms with van der Waals surface area (Å²) in [5.74, 6) is 0.163. The fraction of sp³-hybridized carbons (Fsp3) is 0.308. The molecule has 0 spiro atoms.